The van der Waals surface area contributed by atoms with Crippen LogP contribution in [0.25, 0.3) is 5.57 Å². The molecule has 1 aliphatic rings. The first kappa shape index (κ1) is 14.2. The monoisotopic (exact) mass is 301 g/mol. The van der Waals surface area contributed by atoms with Crippen LogP contribution >= 0.6 is 0 Å². The molecule has 1 aromatic rings. The van der Waals surface area contributed by atoms with Crippen molar-refractivity contribution in [1.29, 1.82) is 0 Å². The highest BCUT2D eigenvalue weighted by atomic mass is 32.2. The smallest absolute Gasteiger partial charge is 0.200 e. The van der Waals surface area contributed by atoms with E-state index in [1.807, 2.05) is 0 Å². The van der Waals surface area contributed by atoms with Crippen LogP contribution in [-0.4, -0.2) is 28.3 Å². The van der Waals surface area contributed by atoms with E-state index >= 15 is 0 Å². The highest BCUT2D eigenvalue weighted by Gasteiger charge is 2.29. The van der Waals surface area contributed by atoms with Gasteiger partial charge >= 0.3 is 0 Å². The van der Waals surface area contributed by atoms with Gasteiger partial charge < -0.3 is 5.73 Å². The topological polar surface area (TPSA) is 94.3 Å². The second kappa shape index (κ2) is 4.73. The Morgan fingerprint density at radius 1 is 1.26 bits per heavy atom. The van der Waals surface area contributed by atoms with E-state index in [0.29, 0.717) is 16.7 Å². The maximum Gasteiger partial charge on any atom is 0.200 e. The number of sulfone groups is 2. The number of benzene rings is 1. The van der Waals surface area contributed by atoms with E-state index in [4.69, 9.17) is 5.73 Å². The van der Waals surface area contributed by atoms with Crippen LogP contribution < -0.4 is 5.73 Å². The highest BCUT2D eigenvalue weighted by Crippen LogP contribution is 2.34. The molecule has 0 atom stereocenters. The maximum absolute atomic E-state index is 12.0. The Morgan fingerprint density at radius 2 is 1.95 bits per heavy atom. The van der Waals surface area contributed by atoms with E-state index < -0.39 is 19.7 Å². The van der Waals surface area contributed by atoms with E-state index in [0.717, 1.165) is 5.41 Å². The Labute approximate surface area is 113 Å². The molecule has 2 N–H and O–H groups in total. The molecule has 19 heavy (non-hydrogen) atoms. The van der Waals surface area contributed by atoms with Gasteiger partial charge in [-0.2, -0.15) is 0 Å². The van der Waals surface area contributed by atoms with Crippen molar-refractivity contribution in [3.05, 3.63) is 34.7 Å². The lowest BCUT2D eigenvalue weighted by molar-refractivity contribution is 0.600. The fraction of sp³-hybridized carbons (Fsp3) is 0.333. The Kier molecular flexibility index (Phi) is 3.55. The largest absolute Gasteiger partial charge is 0.326 e. The van der Waals surface area contributed by atoms with Crippen LogP contribution in [0.3, 0.4) is 0 Å². The molecular weight excluding hydrogens is 286 g/mol. The van der Waals surface area contributed by atoms with Gasteiger partial charge in [0.2, 0.25) is 9.84 Å². The standard InChI is InChI=1S/C12H15NO4S2/c1-2-18(14,15)7-10-8-19(16,17)12-5-9(6-13)3-4-11(10)12/h3-5,8H,2,6-7,13H2,1H3. The highest BCUT2D eigenvalue weighted by molar-refractivity contribution is 7.95. The van der Waals surface area contributed by atoms with E-state index in [-0.39, 0.29) is 22.9 Å². The Bertz CT molecular complexity index is 746. The second-order valence-corrected chi connectivity index (χ2v) is 8.52. The molecule has 0 aromatic heterocycles. The molecule has 5 nitrogen and oxygen atoms in total. The van der Waals surface area contributed by atoms with Crippen LogP contribution in [0.5, 0.6) is 0 Å². The van der Waals surface area contributed by atoms with Gasteiger partial charge in [-0.05, 0) is 22.8 Å². The quantitative estimate of drug-likeness (QED) is 0.883. The number of nitrogens with two attached hydrogens (primary N) is 1. The third-order valence-corrected chi connectivity index (χ3v) is 6.22. The summed E-state index contributed by atoms with van der Waals surface area (Å²) in [6.07, 6.45) is 0. The SMILES string of the molecule is CCS(=O)(=O)CC1=CS(=O)(=O)c2cc(CN)ccc21. The molecule has 0 radical (unpaired) electrons. The summed E-state index contributed by atoms with van der Waals surface area (Å²) in [5.74, 6) is -0.266. The Morgan fingerprint density at radius 3 is 2.53 bits per heavy atom. The van der Waals surface area contributed by atoms with Crippen LogP contribution in [0.4, 0.5) is 0 Å². The molecule has 2 rings (SSSR count). The Balaban J connectivity index is 2.53. The van der Waals surface area contributed by atoms with Crippen LogP contribution in [0.2, 0.25) is 0 Å². The molecule has 104 valence electrons. The predicted molar refractivity (Wildman–Crippen MR) is 73.8 cm³/mol. The van der Waals surface area contributed by atoms with Crippen molar-refractivity contribution >= 4 is 25.2 Å². The summed E-state index contributed by atoms with van der Waals surface area (Å²) in [5.41, 5.74) is 6.99. The number of hydrogen-bond donors (Lipinski definition) is 1. The van der Waals surface area contributed by atoms with Crippen LogP contribution in [-0.2, 0) is 26.2 Å². The molecular formula is C12H15NO4S2. The fourth-order valence-corrected chi connectivity index (χ4v) is 4.51. The predicted octanol–water partition coefficient (Wildman–Crippen LogP) is 0.708. The van der Waals surface area contributed by atoms with Crippen molar-refractivity contribution in [2.45, 2.75) is 18.4 Å². The Hall–Kier alpha value is -1.18. The summed E-state index contributed by atoms with van der Waals surface area (Å²) in [5, 5.41) is 1.05. The third-order valence-electron chi connectivity index (χ3n) is 3.05. The van der Waals surface area contributed by atoms with Crippen molar-refractivity contribution in [1.82, 2.24) is 0 Å². The molecule has 0 saturated heterocycles. The van der Waals surface area contributed by atoms with E-state index in [9.17, 15) is 16.8 Å². The van der Waals surface area contributed by atoms with Crippen molar-refractivity contribution < 1.29 is 16.8 Å². The molecule has 0 fully saturated rings. The van der Waals surface area contributed by atoms with Crippen LogP contribution in [0.15, 0.2) is 28.5 Å². The minimum Gasteiger partial charge on any atom is -0.326 e. The molecule has 1 aliphatic heterocycles. The fourth-order valence-electron chi connectivity index (χ4n) is 1.96. The van der Waals surface area contributed by atoms with Gasteiger partial charge in [0.1, 0.15) is 0 Å². The molecule has 0 unspecified atom stereocenters. The van der Waals surface area contributed by atoms with Gasteiger partial charge in [-0.15, -0.1) is 0 Å². The van der Waals surface area contributed by atoms with Gasteiger partial charge in [0.05, 0.1) is 10.6 Å². The van der Waals surface area contributed by atoms with Gasteiger partial charge in [-0.25, -0.2) is 16.8 Å². The summed E-state index contributed by atoms with van der Waals surface area (Å²) in [7, 11) is -6.82. The molecule has 1 aromatic carbocycles. The van der Waals surface area contributed by atoms with E-state index in [2.05, 4.69) is 0 Å². The van der Waals surface area contributed by atoms with Gasteiger partial charge in [-0.1, -0.05) is 19.1 Å². The molecule has 0 spiro atoms. The first-order valence-electron chi connectivity index (χ1n) is 5.78. The molecule has 0 bridgehead atoms. The third kappa shape index (κ3) is 2.72. The van der Waals surface area contributed by atoms with Crippen molar-refractivity contribution in [2.24, 2.45) is 5.73 Å². The number of hydrogen-bond acceptors (Lipinski definition) is 5. The zero-order valence-electron chi connectivity index (χ0n) is 10.5. The summed E-state index contributed by atoms with van der Waals surface area (Å²) < 4.78 is 47.3. The zero-order chi connectivity index (χ0) is 14.3. The molecule has 1 heterocycles. The maximum atomic E-state index is 12.0. The van der Waals surface area contributed by atoms with E-state index in [1.54, 1.807) is 12.1 Å². The van der Waals surface area contributed by atoms with Crippen LogP contribution in [0.1, 0.15) is 18.1 Å². The normalized spacial score (nSPS) is 17.1. The molecule has 0 saturated carbocycles. The lowest BCUT2D eigenvalue weighted by Crippen LogP contribution is -2.09. The minimum absolute atomic E-state index is 0.0133. The van der Waals surface area contributed by atoms with Gasteiger partial charge in [0, 0.05) is 17.7 Å². The van der Waals surface area contributed by atoms with E-state index in [1.165, 1.54) is 13.0 Å². The number of fused-ring (bicyclic) bond motifs is 1. The van der Waals surface area contributed by atoms with Gasteiger partial charge in [0.15, 0.2) is 9.84 Å². The summed E-state index contributed by atoms with van der Waals surface area (Å²) in [6, 6.07) is 4.85. The lowest BCUT2D eigenvalue weighted by Gasteiger charge is -2.06. The first-order valence-corrected chi connectivity index (χ1v) is 9.15. The average molecular weight is 301 g/mol. The average Bonchev–Trinajstić information content (AvgIpc) is 2.60. The van der Waals surface area contributed by atoms with Crippen molar-refractivity contribution in [3.8, 4) is 0 Å². The summed E-state index contributed by atoms with van der Waals surface area (Å²) >= 11 is 0. The summed E-state index contributed by atoms with van der Waals surface area (Å²) in [4.78, 5) is 0.150. The first-order chi connectivity index (χ1) is 8.79. The molecule has 0 aliphatic carbocycles. The summed E-state index contributed by atoms with van der Waals surface area (Å²) in [6.45, 7) is 1.78. The van der Waals surface area contributed by atoms with Crippen LogP contribution in [0, 0.1) is 0 Å². The van der Waals surface area contributed by atoms with Gasteiger partial charge in [-0.3, -0.25) is 0 Å². The molecule has 0 amide bonds. The minimum atomic E-state index is -3.55. The van der Waals surface area contributed by atoms with Gasteiger partial charge in [0.25, 0.3) is 0 Å². The van der Waals surface area contributed by atoms with Crippen molar-refractivity contribution in [2.75, 3.05) is 11.5 Å². The zero-order valence-corrected chi connectivity index (χ0v) is 12.1. The molecule has 7 heteroatoms. The lowest BCUT2D eigenvalue weighted by atomic mass is 10.1. The number of rotatable bonds is 4. The van der Waals surface area contributed by atoms with Crippen molar-refractivity contribution in [3.63, 3.8) is 0 Å². The second-order valence-electron chi connectivity index (χ2n) is 4.40.